The van der Waals surface area contributed by atoms with Crippen molar-refractivity contribution >= 4 is 12.5 Å². The lowest BCUT2D eigenvalue weighted by atomic mass is 9.97. The molecule has 0 aromatic heterocycles. The number of halogens is 1. The van der Waals surface area contributed by atoms with E-state index in [0.29, 0.717) is 6.04 Å². The van der Waals surface area contributed by atoms with Crippen molar-refractivity contribution in [2.45, 2.75) is 46.1 Å². The second-order valence-corrected chi connectivity index (χ2v) is 4.48. The van der Waals surface area contributed by atoms with E-state index < -0.39 is 0 Å². The maximum absolute atomic E-state index is 12.9. The van der Waals surface area contributed by atoms with Gasteiger partial charge in [-0.1, -0.05) is 20.3 Å². The van der Waals surface area contributed by atoms with Crippen LogP contribution in [0, 0.1) is 5.82 Å². The third kappa shape index (κ3) is 4.47. The van der Waals surface area contributed by atoms with Crippen LogP contribution in [0.5, 0.6) is 0 Å². The van der Waals surface area contributed by atoms with Gasteiger partial charge in [0, 0.05) is 18.8 Å². The number of anilines is 1. The summed E-state index contributed by atoms with van der Waals surface area (Å²) in [6.07, 6.45) is 3.37. The topological polar surface area (TPSA) is 20.3 Å². The van der Waals surface area contributed by atoms with E-state index in [2.05, 4.69) is 32.7 Å². The molecule has 1 aliphatic heterocycles. The van der Waals surface area contributed by atoms with Gasteiger partial charge in [0.25, 0.3) is 0 Å². The van der Waals surface area contributed by atoms with Crippen LogP contribution in [-0.4, -0.2) is 19.9 Å². The molecule has 102 valence electrons. The van der Waals surface area contributed by atoms with Gasteiger partial charge in [-0.3, -0.25) is 0 Å². The summed E-state index contributed by atoms with van der Waals surface area (Å²) in [5, 5.41) is 0. The van der Waals surface area contributed by atoms with Gasteiger partial charge in [-0.05, 0) is 43.5 Å². The number of nitrogens with zero attached hydrogens (tertiary/aromatic N) is 1. The Bertz CT molecular complexity index is 354. The van der Waals surface area contributed by atoms with Gasteiger partial charge in [0.1, 0.15) is 12.6 Å². The summed E-state index contributed by atoms with van der Waals surface area (Å²) in [6, 6.07) is 5.63. The number of benzene rings is 1. The normalized spacial score (nSPS) is 16.7. The molecule has 0 spiro atoms. The molecular formula is C15H24FNO. The fourth-order valence-corrected chi connectivity index (χ4v) is 1.89. The van der Waals surface area contributed by atoms with Crippen LogP contribution >= 0.6 is 0 Å². The highest BCUT2D eigenvalue weighted by Crippen LogP contribution is 2.29. The van der Waals surface area contributed by atoms with Crippen LogP contribution in [0.4, 0.5) is 10.1 Å². The first-order chi connectivity index (χ1) is 8.60. The molecule has 0 radical (unpaired) electrons. The summed E-state index contributed by atoms with van der Waals surface area (Å²) in [4.78, 5) is 10.2. The molecule has 0 N–H and O–H groups in total. The standard InChI is InChI=1S/C11H14FN.C3H8.CH2O/c1-8-3-4-9-7-10(12)5-6-11(9)13(8)2;1-3-2;1-2/h5-8H,3-4H2,1-2H3;3H2,1-2H3;1H2. The molecule has 1 unspecified atom stereocenters. The average molecular weight is 253 g/mol. The van der Waals surface area contributed by atoms with Crippen molar-refractivity contribution in [1.82, 2.24) is 0 Å². The molecule has 1 aromatic carbocycles. The van der Waals surface area contributed by atoms with E-state index in [1.165, 1.54) is 18.2 Å². The Labute approximate surface area is 110 Å². The minimum atomic E-state index is -0.123. The molecule has 0 amide bonds. The Hall–Kier alpha value is -1.38. The largest absolute Gasteiger partial charge is 0.372 e. The molecule has 1 aliphatic rings. The quantitative estimate of drug-likeness (QED) is 0.700. The molecule has 1 aromatic rings. The summed E-state index contributed by atoms with van der Waals surface area (Å²) >= 11 is 0. The van der Waals surface area contributed by atoms with Gasteiger partial charge in [-0.2, -0.15) is 0 Å². The fourth-order valence-electron chi connectivity index (χ4n) is 1.89. The minimum absolute atomic E-state index is 0.123. The first kappa shape index (κ1) is 16.6. The van der Waals surface area contributed by atoms with Crippen molar-refractivity contribution in [3.63, 3.8) is 0 Å². The monoisotopic (exact) mass is 253 g/mol. The lowest BCUT2D eigenvalue weighted by molar-refractivity contribution is -0.0979. The molecule has 0 aliphatic carbocycles. The molecule has 2 rings (SSSR count). The highest BCUT2D eigenvalue weighted by molar-refractivity contribution is 5.55. The molecule has 0 bridgehead atoms. The lowest BCUT2D eigenvalue weighted by Gasteiger charge is -2.33. The minimum Gasteiger partial charge on any atom is -0.372 e. The van der Waals surface area contributed by atoms with E-state index in [1.807, 2.05) is 12.9 Å². The zero-order chi connectivity index (χ0) is 14.1. The average Bonchev–Trinajstić information content (AvgIpc) is 2.37. The number of carbonyl (C=O) groups is 1. The zero-order valence-corrected chi connectivity index (χ0v) is 11.9. The predicted molar refractivity (Wildman–Crippen MR) is 75.7 cm³/mol. The van der Waals surface area contributed by atoms with E-state index in [9.17, 15) is 4.39 Å². The summed E-state index contributed by atoms with van der Waals surface area (Å²) in [7, 11) is 2.07. The van der Waals surface area contributed by atoms with Crippen LogP contribution in [0.2, 0.25) is 0 Å². The maximum Gasteiger partial charge on any atom is 0.123 e. The summed E-state index contributed by atoms with van der Waals surface area (Å²) in [6.45, 7) is 8.45. The number of rotatable bonds is 0. The second-order valence-electron chi connectivity index (χ2n) is 4.48. The third-order valence-corrected chi connectivity index (χ3v) is 2.91. The number of hydrogen-bond donors (Lipinski definition) is 0. The Morgan fingerprint density at radius 2 is 1.94 bits per heavy atom. The van der Waals surface area contributed by atoms with Crippen LogP contribution in [-0.2, 0) is 11.2 Å². The first-order valence-electron chi connectivity index (χ1n) is 6.40. The SMILES string of the molecule is C=O.CC1CCc2cc(F)ccc2N1C.CCC. The van der Waals surface area contributed by atoms with Gasteiger partial charge in [0.05, 0.1) is 0 Å². The number of hydrogen-bond acceptors (Lipinski definition) is 2. The molecular weight excluding hydrogens is 229 g/mol. The molecule has 0 saturated carbocycles. The van der Waals surface area contributed by atoms with Gasteiger partial charge >= 0.3 is 0 Å². The number of aryl methyl sites for hydroxylation is 1. The van der Waals surface area contributed by atoms with E-state index in [1.54, 1.807) is 6.07 Å². The van der Waals surface area contributed by atoms with Crippen LogP contribution in [0.15, 0.2) is 18.2 Å². The molecule has 2 nitrogen and oxygen atoms in total. The van der Waals surface area contributed by atoms with Crippen molar-refractivity contribution in [2.24, 2.45) is 0 Å². The van der Waals surface area contributed by atoms with E-state index in [0.717, 1.165) is 18.4 Å². The van der Waals surface area contributed by atoms with Crippen molar-refractivity contribution < 1.29 is 9.18 Å². The highest BCUT2D eigenvalue weighted by Gasteiger charge is 2.19. The van der Waals surface area contributed by atoms with Crippen molar-refractivity contribution in [3.8, 4) is 0 Å². The Balaban J connectivity index is 0.000000509. The van der Waals surface area contributed by atoms with Crippen molar-refractivity contribution in [3.05, 3.63) is 29.6 Å². The third-order valence-electron chi connectivity index (χ3n) is 2.91. The van der Waals surface area contributed by atoms with Gasteiger partial charge < -0.3 is 9.69 Å². The molecule has 0 fully saturated rings. The van der Waals surface area contributed by atoms with Crippen LogP contribution in [0.25, 0.3) is 0 Å². The molecule has 1 atom stereocenters. The molecule has 3 heteroatoms. The lowest BCUT2D eigenvalue weighted by Crippen LogP contribution is -2.33. The van der Waals surface area contributed by atoms with Crippen molar-refractivity contribution in [2.75, 3.05) is 11.9 Å². The second kappa shape index (κ2) is 8.67. The smallest absolute Gasteiger partial charge is 0.123 e. The highest BCUT2D eigenvalue weighted by atomic mass is 19.1. The Morgan fingerprint density at radius 1 is 1.39 bits per heavy atom. The van der Waals surface area contributed by atoms with E-state index in [-0.39, 0.29) is 5.82 Å². The summed E-state index contributed by atoms with van der Waals surface area (Å²) in [5.41, 5.74) is 2.32. The van der Waals surface area contributed by atoms with E-state index in [4.69, 9.17) is 4.79 Å². The number of fused-ring (bicyclic) bond motifs is 1. The van der Waals surface area contributed by atoms with Gasteiger partial charge in [-0.25, -0.2) is 4.39 Å². The Morgan fingerprint density at radius 3 is 2.50 bits per heavy atom. The number of carbonyl (C=O) groups excluding carboxylic acids is 1. The predicted octanol–water partition coefficient (Wildman–Crippen LogP) is 3.83. The van der Waals surface area contributed by atoms with Crippen LogP contribution in [0.1, 0.15) is 39.2 Å². The zero-order valence-electron chi connectivity index (χ0n) is 11.9. The molecule has 18 heavy (non-hydrogen) atoms. The van der Waals surface area contributed by atoms with Crippen LogP contribution in [0.3, 0.4) is 0 Å². The van der Waals surface area contributed by atoms with Crippen LogP contribution < -0.4 is 4.90 Å². The first-order valence-corrected chi connectivity index (χ1v) is 6.40. The summed E-state index contributed by atoms with van der Waals surface area (Å²) in [5.74, 6) is -0.123. The molecule has 0 saturated heterocycles. The van der Waals surface area contributed by atoms with Gasteiger partial charge in [0.15, 0.2) is 0 Å². The summed E-state index contributed by atoms with van der Waals surface area (Å²) < 4.78 is 12.9. The molecule has 1 heterocycles. The maximum atomic E-state index is 12.9. The van der Waals surface area contributed by atoms with Gasteiger partial charge in [0.2, 0.25) is 0 Å². The van der Waals surface area contributed by atoms with E-state index >= 15 is 0 Å². The fraction of sp³-hybridized carbons (Fsp3) is 0.533. The van der Waals surface area contributed by atoms with Crippen molar-refractivity contribution in [1.29, 1.82) is 0 Å². The van der Waals surface area contributed by atoms with Gasteiger partial charge in [-0.15, -0.1) is 0 Å². The Kier molecular flexibility index (Phi) is 8.01.